The lowest BCUT2D eigenvalue weighted by atomic mass is 10.2. The topological polar surface area (TPSA) is 59.6 Å². The van der Waals surface area contributed by atoms with Crippen molar-refractivity contribution in [2.75, 3.05) is 25.6 Å². The van der Waals surface area contributed by atoms with Crippen LogP contribution in [-0.4, -0.2) is 26.4 Å². The maximum Gasteiger partial charge on any atom is 0.319 e. The monoisotopic (exact) mass is 320 g/mol. The molecule has 0 aliphatic rings. The van der Waals surface area contributed by atoms with Gasteiger partial charge in [0.1, 0.15) is 0 Å². The number of thiophene rings is 1. The molecule has 0 saturated carbocycles. The predicted octanol–water partition coefficient (Wildman–Crippen LogP) is 3.23. The number of carbonyl (C=O) groups excluding carboxylic acids is 1. The van der Waals surface area contributed by atoms with Gasteiger partial charge in [-0.2, -0.15) is 0 Å². The van der Waals surface area contributed by atoms with Crippen molar-refractivity contribution in [3.63, 3.8) is 0 Å². The van der Waals surface area contributed by atoms with Gasteiger partial charge in [-0.15, -0.1) is 11.3 Å². The Labute approximate surface area is 134 Å². The SMILES string of the molecule is COCCOCc1cccc(NC(=O)NCc2cccs2)c1. The van der Waals surface area contributed by atoms with Gasteiger partial charge in [-0.1, -0.05) is 18.2 Å². The maximum atomic E-state index is 11.9. The highest BCUT2D eigenvalue weighted by Crippen LogP contribution is 2.12. The van der Waals surface area contributed by atoms with Gasteiger partial charge in [0, 0.05) is 17.7 Å². The highest BCUT2D eigenvalue weighted by Gasteiger charge is 2.03. The van der Waals surface area contributed by atoms with Crippen LogP contribution in [0.1, 0.15) is 10.4 Å². The lowest BCUT2D eigenvalue weighted by Crippen LogP contribution is -2.27. The van der Waals surface area contributed by atoms with Crippen molar-refractivity contribution in [2.24, 2.45) is 0 Å². The van der Waals surface area contributed by atoms with E-state index in [1.165, 1.54) is 0 Å². The average molecular weight is 320 g/mol. The van der Waals surface area contributed by atoms with Gasteiger partial charge in [0.25, 0.3) is 0 Å². The summed E-state index contributed by atoms with van der Waals surface area (Å²) < 4.78 is 10.4. The van der Waals surface area contributed by atoms with Crippen LogP contribution in [0.25, 0.3) is 0 Å². The Bertz CT molecular complexity index is 573. The lowest BCUT2D eigenvalue weighted by Gasteiger charge is -2.09. The third-order valence-corrected chi connectivity index (χ3v) is 3.77. The fourth-order valence-corrected chi connectivity index (χ4v) is 2.47. The number of methoxy groups -OCH3 is 1. The first kappa shape index (κ1) is 16.5. The molecule has 2 aromatic rings. The number of carbonyl (C=O) groups is 1. The number of nitrogens with one attached hydrogen (secondary N) is 2. The zero-order chi connectivity index (χ0) is 15.6. The molecule has 0 bridgehead atoms. The van der Waals surface area contributed by atoms with Gasteiger partial charge in [0.15, 0.2) is 0 Å². The minimum absolute atomic E-state index is 0.217. The quantitative estimate of drug-likeness (QED) is 0.734. The van der Waals surface area contributed by atoms with E-state index in [9.17, 15) is 4.79 Å². The summed E-state index contributed by atoms with van der Waals surface area (Å²) in [6.07, 6.45) is 0. The lowest BCUT2D eigenvalue weighted by molar-refractivity contribution is 0.0617. The minimum Gasteiger partial charge on any atom is -0.382 e. The van der Waals surface area contributed by atoms with E-state index in [4.69, 9.17) is 9.47 Å². The summed E-state index contributed by atoms with van der Waals surface area (Å²) in [5.41, 5.74) is 1.75. The number of ether oxygens (including phenoxy) is 2. The number of anilines is 1. The standard InChI is InChI=1S/C16H20N2O3S/c1-20-7-8-21-12-13-4-2-5-14(10-13)18-16(19)17-11-15-6-3-9-22-15/h2-6,9-10H,7-8,11-12H2,1H3,(H2,17,18,19). The normalized spacial score (nSPS) is 10.4. The molecule has 1 aromatic carbocycles. The number of rotatable bonds is 8. The number of urea groups is 1. The van der Waals surface area contributed by atoms with Gasteiger partial charge in [-0.05, 0) is 29.1 Å². The molecule has 0 fully saturated rings. The first-order valence-electron chi connectivity index (χ1n) is 7.01. The molecular weight excluding hydrogens is 300 g/mol. The Balaban J connectivity index is 1.77. The zero-order valence-electron chi connectivity index (χ0n) is 12.5. The van der Waals surface area contributed by atoms with Gasteiger partial charge < -0.3 is 20.1 Å². The van der Waals surface area contributed by atoms with Gasteiger partial charge >= 0.3 is 6.03 Å². The summed E-state index contributed by atoms with van der Waals surface area (Å²) in [4.78, 5) is 13.0. The van der Waals surface area contributed by atoms with Crippen LogP contribution in [0.3, 0.4) is 0 Å². The molecule has 5 nitrogen and oxygen atoms in total. The third-order valence-electron chi connectivity index (χ3n) is 2.89. The largest absolute Gasteiger partial charge is 0.382 e. The molecule has 0 saturated heterocycles. The molecule has 1 aromatic heterocycles. The molecule has 6 heteroatoms. The average Bonchev–Trinajstić information content (AvgIpc) is 3.03. The summed E-state index contributed by atoms with van der Waals surface area (Å²) in [6.45, 7) is 2.15. The van der Waals surface area contributed by atoms with E-state index in [1.54, 1.807) is 18.4 Å². The first-order chi connectivity index (χ1) is 10.8. The molecule has 22 heavy (non-hydrogen) atoms. The molecule has 0 spiro atoms. The van der Waals surface area contributed by atoms with Crippen molar-refractivity contribution in [3.8, 4) is 0 Å². The van der Waals surface area contributed by atoms with Crippen LogP contribution < -0.4 is 10.6 Å². The Morgan fingerprint density at radius 2 is 2.14 bits per heavy atom. The molecule has 2 N–H and O–H groups in total. The van der Waals surface area contributed by atoms with Crippen LogP contribution in [-0.2, 0) is 22.6 Å². The van der Waals surface area contributed by atoms with Crippen molar-refractivity contribution in [1.82, 2.24) is 5.32 Å². The molecule has 1 heterocycles. The number of hydrogen-bond donors (Lipinski definition) is 2. The molecule has 0 unspecified atom stereocenters. The molecule has 0 radical (unpaired) electrons. The van der Waals surface area contributed by atoms with E-state index >= 15 is 0 Å². The Morgan fingerprint density at radius 3 is 2.91 bits per heavy atom. The molecule has 2 amide bonds. The minimum atomic E-state index is -0.217. The van der Waals surface area contributed by atoms with E-state index < -0.39 is 0 Å². The second-order valence-electron chi connectivity index (χ2n) is 4.63. The molecule has 118 valence electrons. The number of hydrogen-bond acceptors (Lipinski definition) is 4. The van der Waals surface area contributed by atoms with Crippen molar-refractivity contribution < 1.29 is 14.3 Å². The molecule has 0 aliphatic carbocycles. The molecule has 0 atom stereocenters. The van der Waals surface area contributed by atoms with Crippen LogP contribution in [0.4, 0.5) is 10.5 Å². The zero-order valence-corrected chi connectivity index (χ0v) is 13.3. The van der Waals surface area contributed by atoms with Crippen LogP contribution in [0.5, 0.6) is 0 Å². The van der Waals surface area contributed by atoms with Crippen LogP contribution >= 0.6 is 11.3 Å². The molecular formula is C16H20N2O3S. The highest BCUT2D eigenvalue weighted by atomic mass is 32.1. The maximum absolute atomic E-state index is 11.9. The third kappa shape index (κ3) is 5.85. The van der Waals surface area contributed by atoms with Crippen LogP contribution in [0.15, 0.2) is 41.8 Å². The van der Waals surface area contributed by atoms with E-state index in [1.807, 2.05) is 41.8 Å². The van der Waals surface area contributed by atoms with E-state index in [2.05, 4.69) is 10.6 Å². The van der Waals surface area contributed by atoms with Gasteiger partial charge in [0.2, 0.25) is 0 Å². The summed E-state index contributed by atoms with van der Waals surface area (Å²) in [5.74, 6) is 0. The van der Waals surface area contributed by atoms with E-state index in [0.29, 0.717) is 26.4 Å². The molecule has 2 rings (SSSR count). The number of benzene rings is 1. The Hall–Kier alpha value is -1.89. The summed E-state index contributed by atoms with van der Waals surface area (Å²) >= 11 is 1.62. The van der Waals surface area contributed by atoms with Crippen molar-refractivity contribution in [3.05, 3.63) is 52.2 Å². The molecule has 0 aliphatic heterocycles. The second-order valence-corrected chi connectivity index (χ2v) is 5.67. The fraction of sp³-hybridized carbons (Fsp3) is 0.312. The number of amides is 2. The highest BCUT2D eigenvalue weighted by molar-refractivity contribution is 7.09. The van der Waals surface area contributed by atoms with E-state index in [0.717, 1.165) is 16.1 Å². The summed E-state index contributed by atoms with van der Waals surface area (Å²) in [6, 6.07) is 11.3. The fourth-order valence-electron chi connectivity index (χ4n) is 1.83. The summed E-state index contributed by atoms with van der Waals surface area (Å²) in [7, 11) is 1.64. The smallest absolute Gasteiger partial charge is 0.319 e. The van der Waals surface area contributed by atoms with Gasteiger partial charge in [-0.25, -0.2) is 4.79 Å². The predicted molar refractivity (Wildman–Crippen MR) is 88.2 cm³/mol. The van der Waals surface area contributed by atoms with Gasteiger partial charge in [-0.3, -0.25) is 0 Å². The Morgan fingerprint density at radius 1 is 1.23 bits per heavy atom. The van der Waals surface area contributed by atoms with Crippen molar-refractivity contribution >= 4 is 23.1 Å². The van der Waals surface area contributed by atoms with Crippen LogP contribution in [0.2, 0.25) is 0 Å². The van der Waals surface area contributed by atoms with Crippen molar-refractivity contribution in [2.45, 2.75) is 13.2 Å². The second kappa shape index (κ2) is 9.19. The first-order valence-corrected chi connectivity index (χ1v) is 7.89. The van der Waals surface area contributed by atoms with E-state index in [-0.39, 0.29) is 6.03 Å². The van der Waals surface area contributed by atoms with Crippen molar-refractivity contribution in [1.29, 1.82) is 0 Å². The van der Waals surface area contributed by atoms with Crippen LogP contribution in [0, 0.1) is 0 Å². The summed E-state index contributed by atoms with van der Waals surface area (Å²) in [5, 5.41) is 7.63. The Kier molecular flexibility index (Phi) is 6.89. The van der Waals surface area contributed by atoms with Gasteiger partial charge in [0.05, 0.1) is 26.4 Å².